The number of rotatable bonds is 7. The molecule has 0 spiro atoms. The lowest BCUT2D eigenvalue weighted by molar-refractivity contribution is -0.137. The third-order valence-corrected chi connectivity index (χ3v) is 5.55. The second-order valence-electron chi connectivity index (χ2n) is 5.31. The highest BCUT2D eigenvalue weighted by Crippen LogP contribution is 2.09. The Morgan fingerprint density at radius 2 is 1.89 bits per heavy atom. The summed E-state index contributed by atoms with van der Waals surface area (Å²) in [6, 6.07) is 0.690. The maximum atomic E-state index is 11.7. The van der Waals surface area contributed by atoms with Crippen molar-refractivity contribution in [1.82, 2.24) is 4.72 Å². The second kappa shape index (κ2) is 6.94. The highest BCUT2D eigenvalue weighted by atomic mass is 32.2. The van der Waals surface area contributed by atoms with E-state index in [1.807, 2.05) is 0 Å². The molecule has 0 amide bonds. The second-order valence-corrected chi connectivity index (χ2v) is 12.8. The SMILES string of the molecule is CCOC(=O)/C=C(/C)NS(=O)(=O)CC[Si](C)(C)C. The Bertz CT molecular complexity index is 409. The Balaban J connectivity index is 4.45. The van der Waals surface area contributed by atoms with E-state index in [2.05, 4.69) is 24.4 Å². The van der Waals surface area contributed by atoms with Crippen LogP contribution in [0.3, 0.4) is 0 Å². The van der Waals surface area contributed by atoms with Crippen LogP contribution < -0.4 is 4.72 Å². The van der Waals surface area contributed by atoms with Gasteiger partial charge in [-0.2, -0.15) is 0 Å². The first-order valence-corrected chi connectivity index (χ1v) is 11.3. The summed E-state index contributed by atoms with van der Waals surface area (Å²) in [5, 5.41) is 0. The van der Waals surface area contributed by atoms with Gasteiger partial charge in [0.05, 0.1) is 12.4 Å². The van der Waals surface area contributed by atoms with Gasteiger partial charge in [0.25, 0.3) is 0 Å². The fraction of sp³-hybridized carbons (Fsp3) is 0.727. The van der Waals surface area contributed by atoms with Crippen LogP contribution in [0.15, 0.2) is 11.8 Å². The third-order valence-electron chi connectivity index (χ3n) is 2.06. The van der Waals surface area contributed by atoms with E-state index in [1.165, 1.54) is 6.92 Å². The van der Waals surface area contributed by atoms with Gasteiger partial charge in [-0.05, 0) is 19.9 Å². The fourth-order valence-corrected chi connectivity index (χ4v) is 5.30. The lowest BCUT2D eigenvalue weighted by Gasteiger charge is -2.16. The number of carbonyl (C=O) groups excluding carboxylic acids is 1. The molecule has 0 radical (unpaired) electrons. The Morgan fingerprint density at radius 3 is 2.33 bits per heavy atom. The van der Waals surface area contributed by atoms with E-state index in [0.29, 0.717) is 6.04 Å². The first-order valence-electron chi connectivity index (χ1n) is 5.91. The quantitative estimate of drug-likeness (QED) is 0.440. The van der Waals surface area contributed by atoms with Crippen LogP contribution in [-0.4, -0.2) is 34.8 Å². The number of hydrogen-bond acceptors (Lipinski definition) is 4. The lowest BCUT2D eigenvalue weighted by atomic mass is 10.4. The van der Waals surface area contributed by atoms with E-state index >= 15 is 0 Å². The average Bonchev–Trinajstić information content (AvgIpc) is 2.13. The molecule has 0 fully saturated rings. The molecule has 0 aliphatic heterocycles. The molecule has 106 valence electrons. The number of hydrogen-bond donors (Lipinski definition) is 1. The first-order chi connectivity index (χ1) is 8.06. The van der Waals surface area contributed by atoms with Gasteiger partial charge in [0, 0.05) is 19.8 Å². The normalized spacial score (nSPS) is 13.3. The van der Waals surface area contributed by atoms with E-state index in [9.17, 15) is 13.2 Å². The van der Waals surface area contributed by atoms with Crippen LogP contribution in [0.25, 0.3) is 0 Å². The third kappa shape index (κ3) is 9.23. The van der Waals surface area contributed by atoms with E-state index in [1.54, 1.807) is 6.92 Å². The van der Waals surface area contributed by atoms with Crippen molar-refractivity contribution in [3.8, 4) is 0 Å². The van der Waals surface area contributed by atoms with E-state index in [0.717, 1.165) is 6.08 Å². The van der Waals surface area contributed by atoms with Gasteiger partial charge in [0.1, 0.15) is 0 Å². The maximum Gasteiger partial charge on any atom is 0.332 e. The molecule has 0 aliphatic rings. The van der Waals surface area contributed by atoms with Gasteiger partial charge in [-0.3, -0.25) is 4.72 Å². The zero-order chi connectivity index (χ0) is 14.4. The highest BCUT2D eigenvalue weighted by molar-refractivity contribution is 7.89. The molecule has 0 saturated heterocycles. The van der Waals surface area contributed by atoms with Crippen molar-refractivity contribution in [3.63, 3.8) is 0 Å². The molecule has 0 aliphatic carbocycles. The molecule has 0 rings (SSSR count). The fourth-order valence-electron chi connectivity index (χ4n) is 1.13. The van der Waals surface area contributed by atoms with Crippen LogP contribution >= 0.6 is 0 Å². The lowest BCUT2D eigenvalue weighted by Crippen LogP contribution is -2.30. The van der Waals surface area contributed by atoms with Crippen LogP contribution in [0.1, 0.15) is 13.8 Å². The molecular weight excluding hydrogens is 270 g/mol. The molecule has 7 heteroatoms. The molecule has 0 aromatic carbocycles. The molecule has 0 bridgehead atoms. The van der Waals surface area contributed by atoms with Crippen molar-refractivity contribution in [2.75, 3.05) is 12.4 Å². The predicted molar refractivity (Wildman–Crippen MR) is 75.5 cm³/mol. The molecule has 0 atom stereocenters. The summed E-state index contributed by atoms with van der Waals surface area (Å²) in [4.78, 5) is 11.1. The molecular formula is C11H23NO4SSi. The van der Waals surface area contributed by atoms with E-state index < -0.39 is 24.1 Å². The molecule has 18 heavy (non-hydrogen) atoms. The van der Waals surface area contributed by atoms with Crippen LogP contribution in [0.4, 0.5) is 0 Å². The Hall–Kier alpha value is -0.823. The number of ether oxygens (including phenoxy) is 1. The van der Waals surface area contributed by atoms with Crippen molar-refractivity contribution < 1.29 is 17.9 Å². The highest BCUT2D eigenvalue weighted by Gasteiger charge is 2.19. The summed E-state index contributed by atoms with van der Waals surface area (Å²) in [5.41, 5.74) is 0.282. The monoisotopic (exact) mass is 293 g/mol. The Labute approximate surface area is 111 Å². The number of carbonyl (C=O) groups is 1. The van der Waals surface area contributed by atoms with Crippen LogP contribution in [0.5, 0.6) is 0 Å². The minimum Gasteiger partial charge on any atom is -0.463 e. The summed E-state index contributed by atoms with van der Waals surface area (Å²) in [7, 11) is -4.76. The molecule has 0 aromatic heterocycles. The summed E-state index contributed by atoms with van der Waals surface area (Å²) in [5.74, 6) is -0.445. The van der Waals surface area contributed by atoms with Crippen molar-refractivity contribution in [1.29, 1.82) is 0 Å². The van der Waals surface area contributed by atoms with Gasteiger partial charge in [0.2, 0.25) is 10.0 Å². The summed E-state index contributed by atoms with van der Waals surface area (Å²) in [6.45, 7) is 9.84. The topological polar surface area (TPSA) is 72.5 Å². The van der Waals surface area contributed by atoms with Gasteiger partial charge >= 0.3 is 5.97 Å². The number of nitrogens with one attached hydrogen (secondary N) is 1. The molecule has 0 aromatic rings. The number of esters is 1. The van der Waals surface area contributed by atoms with Gasteiger partial charge < -0.3 is 4.74 Å². The summed E-state index contributed by atoms with van der Waals surface area (Å²) >= 11 is 0. The van der Waals surface area contributed by atoms with Crippen LogP contribution in [0.2, 0.25) is 25.7 Å². The van der Waals surface area contributed by atoms with Crippen molar-refractivity contribution in [2.45, 2.75) is 39.5 Å². The predicted octanol–water partition coefficient (Wildman–Crippen LogP) is 1.71. The Morgan fingerprint density at radius 1 is 1.33 bits per heavy atom. The van der Waals surface area contributed by atoms with Crippen molar-refractivity contribution in [3.05, 3.63) is 11.8 Å². The minimum atomic E-state index is -3.37. The van der Waals surface area contributed by atoms with Crippen molar-refractivity contribution >= 4 is 24.1 Å². The van der Waals surface area contributed by atoms with E-state index in [4.69, 9.17) is 4.74 Å². The Kier molecular flexibility index (Phi) is 6.62. The maximum absolute atomic E-state index is 11.7. The minimum absolute atomic E-state index is 0.0940. The van der Waals surface area contributed by atoms with Crippen molar-refractivity contribution in [2.24, 2.45) is 0 Å². The van der Waals surface area contributed by atoms with Gasteiger partial charge in [0.15, 0.2) is 0 Å². The molecule has 1 N–H and O–H groups in total. The zero-order valence-electron chi connectivity index (χ0n) is 11.7. The van der Waals surface area contributed by atoms with Gasteiger partial charge in [-0.15, -0.1) is 0 Å². The summed E-state index contributed by atoms with van der Waals surface area (Å²) in [6.07, 6.45) is 1.15. The number of allylic oxidation sites excluding steroid dienone is 1. The van der Waals surface area contributed by atoms with Gasteiger partial charge in [-0.1, -0.05) is 19.6 Å². The molecule has 0 unspecified atom stereocenters. The molecule has 5 nitrogen and oxygen atoms in total. The van der Waals surface area contributed by atoms with Crippen LogP contribution in [-0.2, 0) is 19.6 Å². The molecule has 0 heterocycles. The average molecular weight is 293 g/mol. The molecule has 0 saturated carbocycles. The largest absolute Gasteiger partial charge is 0.463 e. The van der Waals surface area contributed by atoms with Gasteiger partial charge in [-0.25, -0.2) is 13.2 Å². The first kappa shape index (κ1) is 17.2. The summed E-state index contributed by atoms with van der Waals surface area (Å²) < 4.78 is 30.6. The zero-order valence-corrected chi connectivity index (χ0v) is 13.6. The van der Waals surface area contributed by atoms with Crippen LogP contribution in [0, 0.1) is 0 Å². The van der Waals surface area contributed by atoms with E-state index in [-0.39, 0.29) is 18.1 Å². The smallest absolute Gasteiger partial charge is 0.332 e. The standard InChI is InChI=1S/C11H23NO4SSi/c1-6-16-11(13)9-10(2)12-17(14,15)7-8-18(3,4)5/h9,12H,6-8H2,1-5H3/b10-9-. The number of sulfonamides is 1.